The van der Waals surface area contributed by atoms with Crippen LogP contribution in [0.25, 0.3) is 0 Å². The molecule has 0 saturated heterocycles. The number of anilines is 1. The number of hydrogen-bond donors (Lipinski definition) is 1. The van der Waals surface area contributed by atoms with Crippen LogP contribution in [-0.4, -0.2) is 12.0 Å². The summed E-state index contributed by atoms with van der Waals surface area (Å²) < 4.78 is 14.1. The van der Waals surface area contributed by atoms with E-state index in [0.717, 1.165) is 21.3 Å². The largest absolute Gasteiger partial charge is 0.389 e. The van der Waals surface area contributed by atoms with E-state index in [9.17, 15) is 4.39 Å². The Morgan fingerprint density at radius 1 is 1.30 bits per heavy atom. The van der Waals surface area contributed by atoms with Gasteiger partial charge in [0.2, 0.25) is 0 Å². The maximum Gasteiger partial charge on any atom is 0.123 e. The molecule has 5 heteroatoms. The zero-order valence-corrected chi connectivity index (χ0v) is 13.3. The third-order valence-corrected chi connectivity index (χ3v) is 3.82. The minimum atomic E-state index is -0.223. The molecule has 0 aliphatic heterocycles. The first-order chi connectivity index (χ1) is 9.47. The molecule has 0 amide bonds. The fraction of sp³-hybridized carbons (Fsp3) is 0.133. The van der Waals surface area contributed by atoms with Crippen molar-refractivity contribution < 1.29 is 4.39 Å². The average Bonchev–Trinajstić information content (AvgIpc) is 2.38. The van der Waals surface area contributed by atoms with Gasteiger partial charge in [-0.2, -0.15) is 0 Å². The van der Waals surface area contributed by atoms with Crippen molar-refractivity contribution in [2.75, 3.05) is 11.9 Å². The van der Waals surface area contributed by atoms with E-state index in [2.05, 4.69) is 15.9 Å². The zero-order chi connectivity index (χ0) is 14.7. The van der Waals surface area contributed by atoms with Crippen LogP contribution >= 0.6 is 28.1 Å². The molecule has 0 bridgehead atoms. The van der Waals surface area contributed by atoms with E-state index in [0.29, 0.717) is 11.5 Å². The number of benzene rings is 2. The summed E-state index contributed by atoms with van der Waals surface area (Å²) >= 11 is 8.46. The highest BCUT2D eigenvalue weighted by molar-refractivity contribution is 9.10. The van der Waals surface area contributed by atoms with E-state index in [1.165, 1.54) is 12.1 Å². The molecule has 0 aliphatic rings. The van der Waals surface area contributed by atoms with E-state index >= 15 is 0 Å². The quantitative estimate of drug-likeness (QED) is 0.847. The Hall–Kier alpha value is -1.46. The molecule has 20 heavy (non-hydrogen) atoms. The lowest BCUT2D eigenvalue weighted by molar-refractivity contribution is 0.625. The van der Waals surface area contributed by atoms with Crippen LogP contribution in [0.2, 0.25) is 0 Å². The summed E-state index contributed by atoms with van der Waals surface area (Å²) in [6.07, 6.45) is 0. The van der Waals surface area contributed by atoms with Crippen molar-refractivity contribution in [3.05, 3.63) is 63.9 Å². The fourth-order valence-corrected chi connectivity index (χ4v) is 2.77. The number of halogens is 2. The van der Waals surface area contributed by atoms with Crippen LogP contribution in [0.5, 0.6) is 0 Å². The lowest BCUT2D eigenvalue weighted by Crippen LogP contribution is -2.17. The van der Waals surface area contributed by atoms with Gasteiger partial charge in [0.05, 0.1) is 5.69 Å². The van der Waals surface area contributed by atoms with Gasteiger partial charge in [-0.3, -0.25) is 0 Å². The van der Waals surface area contributed by atoms with E-state index in [4.69, 9.17) is 18.0 Å². The Bertz CT molecular complexity index is 646. The number of thiocarbonyl (C=S) groups is 1. The van der Waals surface area contributed by atoms with Crippen molar-refractivity contribution in [3.8, 4) is 0 Å². The van der Waals surface area contributed by atoms with Crippen molar-refractivity contribution in [1.29, 1.82) is 0 Å². The second-order valence-corrected chi connectivity index (χ2v) is 5.81. The molecule has 0 radical (unpaired) electrons. The highest BCUT2D eigenvalue weighted by Crippen LogP contribution is 2.27. The van der Waals surface area contributed by atoms with Crippen molar-refractivity contribution in [3.63, 3.8) is 0 Å². The third-order valence-electron chi connectivity index (χ3n) is 2.95. The number of hydrogen-bond acceptors (Lipinski definition) is 2. The van der Waals surface area contributed by atoms with Crippen molar-refractivity contribution in [2.24, 2.45) is 5.73 Å². The molecule has 104 valence electrons. The minimum absolute atomic E-state index is 0.223. The van der Waals surface area contributed by atoms with Crippen LogP contribution in [0.4, 0.5) is 10.1 Å². The van der Waals surface area contributed by atoms with E-state index < -0.39 is 0 Å². The monoisotopic (exact) mass is 352 g/mol. The SMILES string of the molecule is CN(Cc1cccc(F)c1)c1ccc(C(N)=S)cc1Br. The fourth-order valence-electron chi connectivity index (χ4n) is 1.96. The minimum Gasteiger partial charge on any atom is -0.389 e. The summed E-state index contributed by atoms with van der Waals surface area (Å²) in [7, 11) is 1.95. The maximum absolute atomic E-state index is 13.2. The molecule has 2 rings (SSSR count). The Morgan fingerprint density at radius 2 is 2.05 bits per heavy atom. The van der Waals surface area contributed by atoms with E-state index in [-0.39, 0.29) is 5.82 Å². The van der Waals surface area contributed by atoms with Gasteiger partial charge in [0, 0.05) is 23.6 Å². The second-order valence-electron chi connectivity index (χ2n) is 4.52. The average molecular weight is 353 g/mol. The highest BCUT2D eigenvalue weighted by Gasteiger charge is 2.08. The summed E-state index contributed by atoms with van der Waals surface area (Å²) in [5.74, 6) is -0.223. The summed E-state index contributed by atoms with van der Waals surface area (Å²) in [5.41, 5.74) is 8.33. The van der Waals surface area contributed by atoms with Crippen molar-refractivity contribution >= 4 is 38.8 Å². The summed E-state index contributed by atoms with van der Waals surface area (Å²) in [5, 5.41) is 0. The maximum atomic E-state index is 13.2. The molecule has 0 fully saturated rings. The molecule has 0 aliphatic carbocycles. The molecular weight excluding hydrogens is 339 g/mol. The Balaban J connectivity index is 2.21. The normalized spacial score (nSPS) is 10.3. The molecule has 2 aromatic rings. The summed E-state index contributed by atoms with van der Waals surface area (Å²) in [6, 6.07) is 12.3. The van der Waals surface area contributed by atoms with Crippen molar-refractivity contribution in [2.45, 2.75) is 6.54 Å². The molecule has 2 aromatic carbocycles. The first kappa shape index (κ1) is 14.9. The molecular formula is C15H14BrFN2S. The third kappa shape index (κ3) is 3.55. The lowest BCUT2D eigenvalue weighted by atomic mass is 10.1. The first-order valence-electron chi connectivity index (χ1n) is 6.02. The van der Waals surface area contributed by atoms with Gasteiger partial charge in [0.1, 0.15) is 10.8 Å². The molecule has 0 aromatic heterocycles. The zero-order valence-electron chi connectivity index (χ0n) is 10.9. The van der Waals surface area contributed by atoms with Crippen LogP contribution in [0, 0.1) is 5.82 Å². The Labute approximate surface area is 131 Å². The van der Waals surface area contributed by atoms with Gasteiger partial charge in [-0.25, -0.2) is 4.39 Å². The van der Waals surface area contributed by atoms with Crippen LogP contribution < -0.4 is 10.6 Å². The van der Waals surface area contributed by atoms with Gasteiger partial charge in [0.15, 0.2) is 0 Å². The Morgan fingerprint density at radius 3 is 2.65 bits per heavy atom. The number of nitrogens with two attached hydrogens (primary N) is 1. The van der Waals surface area contributed by atoms with E-state index in [1.807, 2.05) is 36.2 Å². The van der Waals surface area contributed by atoms with Crippen LogP contribution in [0.1, 0.15) is 11.1 Å². The highest BCUT2D eigenvalue weighted by atomic mass is 79.9. The van der Waals surface area contributed by atoms with Gasteiger partial charge in [-0.1, -0.05) is 24.4 Å². The standard InChI is InChI=1S/C15H14BrFN2S/c1-19(9-10-3-2-4-12(17)7-10)14-6-5-11(15(18)20)8-13(14)16/h2-8H,9H2,1H3,(H2,18,20). The predicted molar refractivity (Wildman–Crippen MR) is 88.5 cm³/mol. The molecule has 2 N–H and O–H groups in total. The van der Waals surface area contributed by atoms with E-state index in [1.54, 1.807) is 6.07 Å². The number of rotatable bonds is 4. The van der Waals surface area contributed by atoms with Crippen LogP contribution in [-0.2, 0) is 6.54 Å². The van der Waals surface area contributed by atoms with Gasteiger partial charge < -0.3 is 10.6 Å². The molecule has 0 heterocycles. The van der Waals surface area contributed by atoms with Gasteiger partial charge in [0.25, 0.3) is 0 Å². The molecule has 0 spiro atoms. The van der Waals surface area contributed by atoms with Gasteiger partial charge in [-0.05, 0) is 51.8 Å². The van der Waals surface area contributed by atoms with Crippen LogP contribution in [0.15, 0.2) is 46.9 Å². The van der Waals surface area contributed by atoms with Crippen LogP contribution in [0.3, 0.4) is 0 Å². The van der Waals surface area contributed by atoms with Gasteiger partial charge in [-0.15, -0.1) is 0 Å². The Kier molecular flexibility index (Phi) is 4.73. The first-order valence-corrected chi connectivity index (χ1v) is 7.22. The summed E-state index contributed by atoms with van der Waals surface area (Å²) in [4.78, 5) is 2.40. The second kappa shape index (κ2) is 6.33. The molecule has 0 saturated carbocycles. The van der Waals surface area contributed by atoms with Crippen molar-refractivity contribution in [1.82, 2.24) is 0 Å². The predicted octanol–water partition coefficient (Wildman–Crippen LogP) is 3.86. The molecule has 0 atom stereocenters. The smallest absolute Gasteiger partial charge is 0.123 e. The molecule has 0 unspecified atom stereocenters. The molecule has 2 nitrogen and oxygen atoms in total. The summed E-state index contributed by atoms with van der Waals surface area (Å²) in [6.45, 7) is 0.614. The topological polar surface area (TPSA) is 29.3 Å². The number of nitrogens with zero attached hydrogens (tertiary/aromatic N) is 1. The van der Waals surface area contributed by atoms with Gasteiger partial charge >= 0.3 is 0 Å². The lowest BCUT2D eigenvalue weighted by Gasteiger charge is -2.21.